The van der Waals surface area contributed by atoms with Crippen molar-refractivity contribution >= 4 is 11.6 Å². The van der Waals surface area contributed by atoms with Crippen molar-refractivity contribution in [2.45, 2.75) is 20.4 Å². The Labute approximate surface area is 124 Å². The summed E-state index contributed by atoms with van der Waals surface area (Å²) in [6.45, 7) is 4.33. The standard InChI is InChI=1S/C17H20N2O2/c1-11-4-7-16(21-3)14(8-11)17(20)19-15-9-13(10-18)6-5-12(15)2/h4-9H,10,18H2,1-3H3,(H,19,20). The molecule has 4 heteroatoms. The van der Waals surface area contributed by atoms with Crippen LogP contribution in [0.2, 0.25) is 0 Å². The summed E-state index contributed by atoms with van der Waals surface area (Å²) in [5.74, 6) is 0.374. The molecule has 21 heavy (non-hydrogen) atoms. The van der Waals surface area contributed by atoms with Crippen LogP contribution in [0.3, 0.4) is 0 Å². The van der Waals surface area contributed by atoms with Crippen LogP contribution < -0.4 is 15.8 Å². The molecule has 3 N–H and O–H groups in total. The van der Waals surface area contributed by atoms with E-state index in [9.17, 15) is 4.79 Å². The molecule has 0 bridgehead atoms. The van der Waals surface area contributed by atoms with Gasteiger partial charge in [-0.05, 0) is 43.2 Å². The van der Waals surface area contributed by atoms with Crippen molar-refractivity contribution in [2.75, 3.05) is 12.4 Å². The van der Waals surface area contributed by atoms with Crippen molar-refractivity contribution in [3.63, 3.8) is 0 Å². The van der Waals surface area contributed by atoms with Gasteiger partial charge in [-0.3, -0.25) is 4.79 Å². The Hall–Kier alpha value is -2.33. The van der Waals surface area contributed by atoms with Gasteiger partial charge < -0.3 is 15.8 Å². The summed E-state index contributed by atoms with van der Waals surface area (Å²) in [5, 5.41) is 2.93. The van der Waals surface area contributed by atoms with Crippen LogP contribution in [0.25, 0.3) is 0 Å². The number of nitrogens with two attached hydrogens (primary N) is 1. The molecular weight excluding hydrogens is 264 g/mol. The van der Waals surface area contributed by atoms with Crippen LogP contribution in [-0.2, 0) is 6.54 Å². The molecule has 0 spiro atoms. The summed E-state index contributed by atoms with van der Waals surface area (Å²) < 4.78 is 5.25. The Kier molecular flexibility index (Phi) is 4.60. The fraction of sp³-hybridized carbons (Fsp3) is 0.235. The first-order valence-electron chi connectivity index (χ1n) is 6.80. The van der Waals surface area contributed by atoms with Crippen LogP contribution in [0.1, 0.15) is 27.0 Å². The number of anilines is 1. The van der Waals surface area contributed by atoms with E-state index in [0.29, 0.717) is 17.9 Å². The van der Waals surface area contributed by atoms with Crippen LogP contribution in [0.5, 0.6) is 5.75 Å². The van der Waals surface area contributed by atoms with E-state index < -0.39 is 0 Å². The maximum Gasteiger partial charge on any atom is 0.259 e. The van der Waals surface area contributed by atoms with E-state index >= 15 is 0 Å². The van der Waals surface area contributed by atoms with Gasteiger partial charge in [-0.25, -0.2) is 0 Å². The van der Waals surface area contributed by atoms with Crippen molar-refractivity contribution in [3.05, 3.63) is 58.7 Å². The number of aryl methyl sites for hydroxylation is 2. The van der Waals surface area contributed by atoms with E-state index in [4.69, 9.17) is 10.5 Å². The Morgan fingerprint density at radius 2 is 1.95 bits per heavy atom. The van der Waals surface area contributed by atoms with Crippen molar-refractivity contribution in [2.24, 2.45) is 5.73 Å². The first-order valence-corrected chi connectivity index (χ1v) is 6.80. The average molecular weight is 284 g/mol. The zero-order chi connectivity index (χ0) is 15.4. The minimum Gasteiger partial charge on any atom is -0.496 e. The maximum atomic E-state index is 12.5. The first-order chi connectivity index (χ1) is 10.0. The number of amides is 1. The minimum absolute atomic E-state index is 0.187. The maximum absolute atomic E-state index is 12.5. The second-order valence-electron chi connectivity index (χ2n) is 5.01. The van der Waals surface area contributed by atoms with Crippen molar-refractivity contribution < 1.29 is 9.53 Å². The van der Waals surface area contributed by atoms with Gasteiger partial charge in [-0.15, -0.1) is 0 Å². The molecule has 0 radical (unpaired) electrons. The predicted octanol–water partition coefficient (Wildman–Crippen LogP) is 3.02. The van der Waals surface area contributed by atoms with Gasteiger partial charge in [-0.2, -0.15) is 0 Å². The van der Waals surface area contributed by atoms with E-state index in [0.717, 1.165) is 22.4 Å². The quantitative estimate of drug-likeness (QED) is 0.907. The molecule has 1 amide bonds. The van der Waals surface area contributed by atoms with Crippen LogP contribution in [0, 0.1) is 13.8 Å². The Morgan fingerprint density at radius 3 is 2.62 bits per heavy atom. The number of rotatable bonds is 4. The van der Waals surface area contributed by atoms with E-state index in [1.54, 1.807) is 13.2 Å². The van der Waals surface area contributed by atoms with Gasteiger partial charge in [0.15, 0.2) is 0 Å². The predicted molar refractivity (Wildman–Crippen MR) is 84.8 cm³/mol. The van der Waals surface area contributed by atoms with Gasteiger partial charge in [0, 0.05) is 12.2 Å². The summed E-state index contributed by atoms with van der Waals surface area (Å²) in [5.41, 5.74) is 9.92. The van der Waals surface area contributed by atoms with E-state index in [-0.39, 0.29) is 5.91 Å². The van der Waals surface area contributed by atoms with Gasteiger partial charge in [0.05, 0.1) is 12.7 Å². The average Bonchev–Trinajstić information content (AvgIpc) is 2.49. The summed E-state index contributed by atoms with van der Waals surface area (Å²) >= 11 is 0. The fourth-order valence-electron chi connectivity index (χ4n) is 2.12. The van der Waals surface area contributed by atoms with E-state index in [1.165, 1.54) is 0 Å². The largest absolute Gasteiger partial charge is 0.496 e. The molecule has 0 aromatic heterocycles. The third kappa shape index (κ3) is 3.41. The normalized spacial score (nSPS) is 10.3. The number of carbonyl (C=O) groups is 1. The number of nitrogens with one attached hydrogen (secondary N) is 1. The summed E-state index contributed by atoms with van der Waals surface area (Å²) in [6, 6.07) is 11.3. The minimum atomic E-state index is -0.187. The fourth-order valence-corrected chi connectivity index (χ4v) is 2.12. The third-order valence-electron chi connectivity index (χ3n) is 3.39. The lowest BCUT2D eigenvalue weighted by Gasteiger charge is -2.12. The Balaban J connectivity index is 2.32. The summed E-state index contributed by atoms with van der Waals surface area (Å²) in [4.78, 5) is 12.5. The van der Waals surface area contributed by atoms with Gasteiger partial charge in [0.2, 0.25) is 0 Å². The smallest absolute Gasteiger partial charge is 0.259 e. The first kappa shape index (κ1) is 15.1. The molecule has 0 fully saturated rings. The van der Waals surface area contributed by atoms with Gasteiger partial charge in [0.1, 0.15) is 5.75 Å². The molecule has 0 saturated heterocycles. The van der Waals surface area contributed by atoms with Crippen LogP contribution >= 0.6 is 0 Å². The van der Waals surface area contributed by atoms with Crippen LogP contribution in [-0.4, -0.2) is 13.0 Å². The zero-order valence-corrected chi connectivity index (χ0v) is 12.6. The monoisotopic (exact) mass is 284 g/mol. The molecule has 0 saturated carbocycles. The summed E-state index contributed by atoms with van der Waals surface area (Å²) in [7, 11) is 1.56. The van der Waals surface area contributed by atoms with Crippen molar-refractivity contribution in [3.8, 4) is 5.75 Å². The number of hydrogen-bond acceptors (Lipinski definition) is 3. The molecule has 4 nitrogen and oxygen atoms in total. The zero-order valence-electron chi connectivity index (χ0n) is 12.6. The molecule has 2 aromatic carbocycles. The highest BCUT2D eigenvalue weighted by Gasteiger charge is 2.13. The van der Waals surface area contributed by atoms with Crippen LogP contribution in [0.15, 0.2) is 36.4 Å². The van der Waals surface area contributed by atoms with E-state index in [1.807, 2.05) is 44.2 Å². The lowest BCUT2D eigenvalue weighted by Crippen LogP contribution is -2.14. The molecule has 2 rings (SSSR count). The Bertz CT molecular complexity index is 666. The van der Waals surface area contributed by atoms with Gasteiger partial charge in [-0.1, -0.05) is 23.8 Å². The molecule has 110 valence electrons. The van der Waals surface area contributed by atoms with E-state index in [2.05, 4.69) is 5.32 Å². The molecule has 0 unspecified atom stereocenters. The highest BCUT2D eigenvalue weighted by molar-refractivity contribution is 6.06. The molecule has 0 heterocycles. The molecule has 0 atom stereocenters. The second-order valence-corrected chi connectivity index (χ2v) is 5.01. The lowest BCUT2D eigenvalue weighted by molar-refractivity contribution is 0.102. The van der Waals surface area contributed by atoms with Crippen molar-refractivity contribution in [1.82, 2.24) is 0 Å². The molecule has 0 aliphatic rings. The number of benzene rings is 2. The highest BCUT2D eigenvalue weighted by Crippen LogP contribution is 2.23. The van der Waals surface area contributed by atoms with Crippen molar-refractivity contribution in [1.29, 1.82) is 0 Å². The third-order valence-corrected chi connectivity index (χ3v) is 3.39. The molecule has 2 aromatic rings. The molecule has 0 aliphatic heterocycles. The SMILES string of the molecule is COc1ccc(C)cc1C(=O)Nc1cc(CN)ccc1C. The molecule has 0 aliphatic carbocycles. The van der Waals surface area contributed by atoms with Gasteiger partial charge in [0.25, 0.3) is 5.91 Å². The molecular formula is C17H20N2O2. The topological polar surface area (TPSA) is 64.3 Å². The highest BCUT2D eigenvalue weighted by atomic mass is 16.5. The second kappa shape index (κ2) is 6.41. The Morgan fingerprint density at radius 1 is 1.19 bits per heavy atom. The number of hydrogen-bond donors (Lipinski definition) is 2. The lowest BCUT2D eigenvalue weighted by atomic mass is 10.1. The number of methoxy groups -OCH3 is 1. The van der Waals surface area contributed by atoms with Gasteiger partial charge >= 0.3 is 0 Å². The number of ether oxygens (including phenoxy) is 1. The summed E-state index contributed by atoms with van der Waals surface area (Å²) in [6.07, 6.45) is 0. The van der Waals surface area contributed by atoms with Crippen LogP contribution in [0.4, 0.5) is 5.69 Å². The number of carbonyl (C=O) groups excluding carboxylic acids is 1.